The number of carbonyl (C=O) groups is 1. The molecule has 162 valence electrons. The lowest BCUT2D eigenvalue weighted by molar-refractivity contribution is -0.138. The fraction of sp³-hybridized carbons (Fsp3) is 0.522. The Kier molecular flexibility index (Phi) is 7.49. The van der Waals surface area contributed by atoms with Crippen LogP contribution in [0.4, 0.5) is 0 Å². The third kappa shape index (κ3) is 5.40. The summed E-state index contributed by atoms with van der Waals surface area (Å²) in [7, 11) is 3.68. The summed E-state index contributed by atoms with van der Waals surface area (Å²) in [6, 6.07) is 10.3. The molecule has 0 saturated heterocycles. The number of guanidine groups is 1. The zero-order chi connectivity index (χ0) is 21.4. The van der Waals surface area contributed by atoms with Crippen LogP contribution in [0.3, 0.4) is 0 Å². The maximum Gasteiger partial charge on any atom is 0.230 e. The zero-order valence-corrected chi connectivity index (χ0v) is 18.4. The molecule has 1 aliphatic rings. The van der Waals surface area contributed by atoms with Crippen molar-refractivity contribution in [1.29, 1.82) is 0 Å². The summed E-state index contributed by atoms with van der Waals surface area (Å²) < 4.78 is 2.12. The molecule has 1 aliphatic carbocycles. The molecule has 2 aromatic rings. The van der Waals surface area contributed by atoms with Gasteiger partial charge in [-0.3, -0.25) is 4.79 Å². The Bertz CT molecular complexity index is 836. The normalized spacial score (nSPS) is 15.8. The van der Waals surface area contributed by atoms with Gasteiger partial charge < -0.3 is 20.1 Å². The lowest BCUT2D eigenvalue weighted by Gasteiger charge is -2.31. The first-order valence-corrected chi connectivity index (χ1v) is 10.8. The lowest BCUT2D eigenvalue weighted by atomic mass is 9.84. The summed E-state index contributed by atoms with van der Waals surface area (Å²) in [6.07, 6.45) is 7.87. The number of hydrogen-bond acceptors (Lipinski definition) is 3. The second kappa shape index (κ2) is 10.3. The third-order valence-corrected chi connectivity index (χ3v) is 5.74. The minimum absolute atomic E-state index is 0.210. The Labute approximate surface area is 179 Å². The monoisotopic (exact) mass is 410 g/mol. The number of nitrogens with one attached hydrogen (secondary N) is 2. The van der Waals surface area contributed by atoms with Crippen LogP contribution in [0.25, 0.3) is 0 Å². The molecule has 1 heterocycles. The molecule has 7 nitrogen and oxygen atoms in total. The molecule has 0 aliphatic heterocycles. The van der Waals surface area contributed by atoms with E-state index < -0.39 is 0 Å². The molecule has 0 spiro atoms. The summed E-state index contributed by atoms with van der Waals surface area (Å²) in [6.45, 7) is 4.66. The van der Waals surface area contributed by atoms with Crippen molar-refractivity contribution in [3.8, 4) is 0 Å². The first-order valence-electron chi connectivity index (χ1n) is 10.8. The molecule has 1 aromatic heterocycles. The standard InChI is InChI=1S/C23H34N6O/c1-4-24-22(27-18-23(12-8-9-13-23)21(30)28(2)3)26-16-20-25-14-15-29(20)17-19-10-6-5-7-11-19/h5-7,10-11,14-15H,4,8-9,12-13,16-18H2,1-3H3,(H2,24,26,27). The van der Waals surface area contributed by atoms with Gasteiger partial charge in [-0.2, -0.15) is 0 Å². The second-order valence-corrected chi connectivity index (χ2v) is 8.19. The zero-order valence-electron chi connectivity index (χ0n) is 18.4. The van der Waals surface area contributed by atoms with Gasteiger partial charge in [-0.05, 0) is 25.3 Å². The average molecular weight is 411 g/mol. The van der Waals surface area contributed by atoms with Crippen molar-refractivity contribution in [2.24, 2.45) is 10.4 Å². The number of aromatic nitrogens is 2. The molecule has 2 N–H and O–H groups in total. The molecule has 0 atom stereocenters. The fourth-order valence-corrected chi connectivity index (χ4v) is 4.15. The largest absolute Gasteiger partial charge is 0.357 e. The van der Waals surface area contributed by atoms with E-state index in [2.05, 4.69) is 32.3 Å². The number of rotatable bonds is 8. The van der Waals surface area contributed by atoms with Gasteiger partial charge in [0.25, 0.3) is 0 Å². The van der Waals surface area contributed by atoms with Gasteiger partial charge in [0.15, 0.2) is 5.96 Å². The molecule has 0 radical (unpaired) electrons. The van der Waals surface area contributed by atoms with Crippen molar-refractivity contribution in [1.82, 2.24) is 25.1 Å². The van der Waals surface area contributed by atoms with Crippen LogP contribution in [-0.4, -0.2) is 53.5 Å². The summed E-state index contributed by atoms with van der Waals surface area (Å²) in [5, 5.41) is 6.73. The van der Waals surface area contributed by atoms with E-state index in [0.717, 1.165) is 50.6 Å². The van der Waals surface area contributed by atoms with Crippen LogP contribution in [0.2, 0.25) is 0 Å². The lowest BCUT2D eigenvalue weighted by Crippen LogP contribution is -2.49. The maximum atomic E-state index is 12.8. The van der Waals surface area contributed by atoms with Crippen LogP contribution < -0.4 is 10.6 Å². The number of hydrogen-bond donors (Lipinski definition) is 2. The van der Waals surface area contributed by atoms with E-state index in [0.29, 0.717) is 13.1 Å². The number of benzene rings is 1. The SMILES string of the molecule is CCNC(=NCc1nccn1Cc1ccccc1)NCC1(C(=O)N(C)C)CCCC1. The van der Waals surface area contributed by atoms with Crippen LogP contribution in [0.5, 0.6) is 0 Å². The van der Waals surface area contributed by atoms with Gasteiger partial charge in [-0.1, -0.05) is 43.2 Å². The Balaban J connectivity index is 1.67. The Hall–Kier alpha value is -2.83. The van der Waals surface area contributed by atoms with Crippen LogP contribution in [0.15, 0.2) is 47.7 Å². The smallest absolute Gasteiger partial charge is 0.230 e. The molecule has 3 rings (SSSR count). The van der Waals surface area contributed by atoms with E-state index in [4.69, 9.17) is 4.99 Å². The topological polar surface area (TPSA) is 74.5 Å². The quantitative estimate of drug-likeness (QED) is 0.518. The Morgan fingerprint density at radius 3 is 2.60 bits per heavy atom. The van der Waals surface area contributed by atoms with E-state index >= 15 is 0 Å². The van der Waals surface area contributed by atoms with E-state index in [-0.39, 0.29) is 11.3 Å². The number of nitrogens with zero attached hydrogens (tertiary/aromatic N) is 4. The highest BCUT2D eigenvalue weighted by molar-refractivity contribution is 5.85. The highest BCUT2D eigenvalue weighted by atomic mass is 16.2. The molecule has 0 bridgehead atoms. The number of imidazole rings is 1. The molecule has 30 heavy (non-hydrogen) atoms. The molecule has 1 amide bonds. The van der Waals surface area contributed by atoms with Crippen molar-refractivity contribution >= 4 is 11.9 Å². The maximum absolute atomic E-state index is 12.8. The highest BCUT2D eigenvalue weighted by Crippen LogP contribution is 2.38. The van der Waals surface area contributed by atoms with Gasteiger partial charge in [0.05, 0.1) is 5.41 Å². The number of aliphatic imine (C=N–C) groups is 1. The van der Waals surface area contributed by atoms with Crippen molar-refractivity contribution < 1.29 is 4.79 Å². The molecular weight excluding hydrogens is 376 g/mol. The van der Waals surface area contributed by atoms with Crippen molar-refractivity contribution in [2.45, 2.75) is 45.7 Å². The van der Waals surface area contributed by atoms with Crippen molar-refractivity contribution in [3.05, 3.63) is 54.1 Å². The first kappa shape index (κ1) is 21.9. The van der Waals surface area contributed by atoms with Crippen LogP contribution in [0, 0.1) is 5.41 Å². The number of carbonyl (C=O) groups excluding carboxylic acids is 1. The average Bonchev–Trinajstić information content (AvgIpc) is 3.40. The molecule has 1 aromatic carbocycles. The third-order valence-electron chi connectivity index (χ3n) is 5.74. The van der Waals surface area contributed by atoms with Gasteiger partial charge in [-0.25, -0.2) is 9.98 Å². The van der Waals surface area contributed by atoms with Crippen LogP contribution in [-0.2, 0) is 17.9 Å². The first-order chi connectivity index (χ1) is 14.5. The van der Waals surface area contributed by atoms with Gasteiger partial charge in [-0.15, -0.1) is 0 Å². The van der Waals surface area contributed by atoms with Crippen LogP contribution in [0.1, 0.15) is 44.0 Å². The minimum Gasteiger partial charge on any atom is -0.357 e. The summed E-state index contributed by atoms with van der Waals surface area (Å²) >= 11 is 0. The van der Waals surface area contributed by atoms with E-state index in [9.17, 15) is 4.79 Å². The fourth-order valence-electron chi connectivity index (χ4n) is 4.15. The van der Waals surface area contributed by atoms with E-state index in [1.165, 1.54) is 5.56 Å². The molecule has 1 fully saturated rings. The highest BCUT2D eigenvalue weighted by Gasteiger charge is 2.42. The summed E-state index contributed by atoms with van der Waals surface area (Å²) in [5.74, 6) is 1.85. The molecular formula is C23H34N6O. The van der Waals surface area contributed by atoms with Gasteiger partial charge in [0.1, 0.15) is 12.4 Å². The summed E-state index contributed by atoms with van der Waals surface area (Å²) in [5.41, 5.74) is 0.905. The molecule has 1 saturated carbocycles. The van der Waals surface area contributed by atoms with E-state index in [1.807, 2.05) is 51.6 Å². The molecule has 7 heteroatoms. The van der Waals surface area contributed by atoms with Crippen molar-refractivity contribution in [3.63, 3.8) is 0 Å². The van der Waals surface area contributed by atoms with Gasteiger partial charge >= 0.3 is 0 Å². The van der Waals surface area contributed by atoms with Crippen molar-refractivity contribution in [2.75, 3.05) is 27.2 Å². The Morgan fingerprint density at radius 2 is 1.93 bits per heavy atom. The predicted octanol–water partition coefficient (Wildman–Crippen LogP) is 2.64. The van der Waals surface area contributed by atoms with E-state index in [1.54, 1.807) is 4.90 Å². The second-order valence-electron chi connectivity index (χ2n) is 8.19. The minimum atomic E-state index is -0.328. The Morgan fingerprint density at radius 1 is 1.20 bits per heavy atom. The van der Waals surface area contributed by atoms with Gasteiger partial charge in [0.2, 0.25) is 5.91 Å². The van der Waals surface area contributed by atoms with Gasteiger partial charge in [0, 0.05) is 46.1 Å². The van der Waals surface area contributed by atoms with Crippen LogP contribution >= 0.6 is 0 Å². The summed E-state index contributed by atoms with van der Waals surface area (Å²) in [4.78, 5) is 23.8. The molecule has 0 unspecified atom stereocenters. The predicted molar refractivity (Wildman–Crippen MR) is 120 cm³/mol. The number of amides is 1.